The minimum atomic E-state index is -6.46. The molecule has 0 heterocycles. The van der Waals surface area contributed by atoms with Gasteiger partial charge in [-0.05, 0) is 12.8 Å². The van der Waals surface area contributed by atoms with Crippen LogP contribution in [0, 0.1) is 5.92 Å². The van der Waals surface area contributed by atoms with Crippen molar-refractivity contribution in [2.75, 3.05) is 0 Å². The first kappa shape index (κ1) is 18.4. The van der Waals surface area contributed by atoms with Crippen LogP contribution in [0.1, 0.15) is 32.1 Å². The van der Waals surface area contributed by atoms with Crippen LogP contribution in [0.3, 0.4) is 0 Å². The molecule has 0 aliphatic heterocycles. The summed E-state index contributed by atoms with van der Waals surface area (Å²) in [5, 5.41) is 0. The van der Waals surface area contributed by atoms with Gasteiger partial charge in [0.15, 0.2) is 0 Å². The Morgan fingerprint density at radius 3 is 1.45 bits per heavy atom. The van der Waals surface area contributed by atoms with Crippen LogP contribution >= 0.6 is 22.6 Å². The molecule has 2 rings (SSSR count). The van der Waals surface area contributed by atoms with E-state index < -0.39 is 45.6 Å². The summed E-state index contributed by atoms with van der Waals surface area (Å²) in [6.45, 7) is 0. The largest absolute Gasteiger partial charge is 0.381 e. The molecule has 2 atom stereocenters. The van der Waals surface area contributed by atoms with Crippen LogP contribution in [-0.4, -0.2) is 33.3 Å². The predicted octanol–water partition coefficient (Wildman–Crippen LogP) is 5.63. The summed E-state index contributed by atoms with van der Waals surface area (Å²) in [4.78, 5) is 0. The molecule has 0 radical (unpaired) electrons. The fourth-order valence-electron chi connectivity index (χ4n) is 3.22. The number of hydrogen-bond acceptors (Lipinski definition) is 0. The van der Waals surface area contributed by atoms with Gasteiger partial charge in [0.25, 0.3) is 5.67 Å². The minimum Gasteiger partial charge on any atom is -0.230 e. The Kier molecular flexibility index (Phi) is 4.23. The fourth-order valence-corrected chi connectivity index (χ4v) is 4.52. The lowest BCUT2D eigenvalue weighted by molar-refractivity contribution is -0.303. The molecule has 0 aromatic carbocycles. The average molecular weight is 454 g/mol. The molecule has 2 aliphatic rings. The van der Waals surface area contributed by atoms with Crippen molar-refractivity contribution in [3.05, 3.63) is 0 Å². The lowest BCUT2D eigenvalue weighted by atomic mass is 9.78. The van der Waals surface area contributed by atoms with E-state index in [0.29, 0.717) is 12.8 Å². The molecule has 2 saturated carbocycles. The topological polar surface area (TPSA) is 0 Å². The third kappa shape index (κ3) is 1.84. The predicted molar refractivity (Wildman–Crippen MR) is 68.0 cm³/mol. The molecular formula is C12H12F9I. The third-order valence-electron chi connectivity index (χ3n) is 4.54. The first-order valence-electron chi connectivity index (χ1n) is 6.61. The molecule has 22 heavy (non-hydrogen) atoms. The summed E-state index contributed by atoms with van der Waals surface area (Å²) in [5.74, 6) is -27.5. The van der Waals surface area contributed by atoms with Gasteiger partial charge in [-0.2, -0.15) is 35.1 Å². The van der Waals surface area contributed by atoms with Gasteiger partial charge in [-0.3, -0.25) is 0 Å². The van der Waals surface area contributed by atoms with Gasteiger partial charge >= 0.3 is 23.7 Å². The van der Waals surface area contributed by atoms with Crippen LogP contribution < -0.4 is 0 Å². The second-order valence-electron chi connectivity index (χ2n) is 5.77. The summed E-state index contributed by atoms with van der Waals surface area (Å²) in [6.07, 6.45) is 0.320. The van der Waals surface area contributed by atoms with E-state index in [9.17, 15) is 39.5 Å². The number of halogens is 10. The first-order chi connectivity index (χ1) is 9.77. The second kappa shape index (κ2) is 5.05. The average Bonchev–Trinajstić information content (AvgIpc) is 2.59. The van der Waals surface area contributed by atoms with Gasteiger partial charge in [0, 0.05) is 9.84 Å². The van der Waals surface area contributed by atoms with Crippen molar-refractivity contribution in [3.8, 4) is 0 Å². The third-order valence-corrected chi connectivity index (χ3v) is 6.03. The Morgan fingerprint density at radius 2 is 1.00 bits per heavy atom. The fraction of sp³-hybridized carbons (Fsp3) is 1.00. The molecule has 0 nitrogen and oxygen atoms in total. The zero-order valence-electron chi connectivity index (χ0n) is 11.0. The number of hydrogen-bond donors (Lipinski definition) is 0. The Bertz CT molecular complexity index is 422. The minimum absolute atomic E-state index is 0.0280. The highest BCUT2D eigenvalue weighted by Gasteiger charge is 3.01. The summed E-state index contributed by atoms with van der Waals surface area (Å²) in [5.41, 5.74) is -5.29. The maximum atomic E-state index is 14.7. The summed E-state index contributed by atoms with van der Waals surface area (Å²) >= 11 is 1.40. The molecule has 10 heteroatoms. The normalized spacial score (nSPS) is 38.5. The summed E-state index contributed by atoms with van der Waals surface area (Å²) in [6, 6.07) is 0. The van der Waals surface area contributed by atoms with Gasteiger partial charge in [0.1, 0.15) is 0 Å². The van der Waals surface area contributed by atoms with Crippen LogP contribution in [-0.2, 0) is 0 Å². The van der Waals surface area contributed by atoms with Gasteiger partial charge in [-0.1, -0.05) is 41.9 Å². The smallest absolute Gasteiger partial charge is 0.230 e. The van der Waals surface area contributed by atoms with E-state index in [0.717, 1.165) is 0 Å². The van der Waals surface area contributed by atoms with E-state index in [4.69, 9.17) is 0 Å². The molecule has 0 spiro atoms. The summed E-state index contributed by atoms with van der Waals surface area (Å²) in [7, 11) is 0. The van der Waals surface area contributed by atoms with Crippen molar-refractivity contribution in [2.24, 2.45) is 5.92 Å². The lowest BCUT2D eigenvalue weighted by Gasteiger charge is -2.39. The Balaban J connectivity index is 2.64. The molecule has 0 bridgehead atoms. The van der Waals surface area contributed by atoms with Crippen molar-refractivity contribution in [1.82, 2.24) is 0 Å². The Hall–Kier alpha value is 0.1000. The van der Waals surface area contributed by atoms with Gasteiger partial charge in [0.05, 0.1) is 0 Å². The van der Waals surface area contributed by atoms with Crippen molar-refractivity contribution in [2.45, 2.75) is 65.4 Å². The quantitative estimate of drug-likeness (QED) is 0.209. The highest BCUT2D eigenvalue weighted by Crippen LogP contribution is 2.72. The van der Waals surface area contributed by atoms with Crippen LogP contribution in [0.4, 0.5) is 39.5 Å². The molecule has 2 unspecified atom stereocenters. The van der Waals surface area contributed by atoms with Crippen LogP contribution in [0.15, 0.2) is 0 Å². The zero-order valence-corrected chi connectivity index (χ0v) is 13.1. The van der Waals surface area contributed by atoms with Crippen LogP contribution in [0.2, 0.25) is 0 Å². The molecule has 2 fully saturated rings. The van der Waals surface area contributed by atoms with E-state index in [2.05, 4.69) is 0 Å². The van der Waals surface area contributed by atoms with Crippen molar-refractivity contribution in [1.29, 1.82) is 0 Å². The summed E-state index contributed by atoms with van der Waals surface area (Å²) < 4.78 is 122. The lowest BCUT2D eigenvalue weighted by Crippen LogP contribution is -2.61. The van der Waals surface area contributed by atoms with Crippen molar-refractivity contribution >= 4 is 22.6 Å². The van der Waals surface area contributed by atoms with Gasteiger partial charge in [-0.25, -0.2) is 4.39 Å². The standard InChI is InChI=1S/C12H12F9I/c13-8(6-4-2-1-3-5-7(6)22)9(14,15)11(18,19)12(20,21)10(8,16)17/h6-7H,1-5H2. The van der Waals surface area contributed by atoms with E-state index >= 15 is 0 Å². The molecule has 0 N–H and O–H groups in total. The molecule has 2 aliphatic carbocycles. The Labute approximate surface area is 133 Å². The maximum absolute atomic E-state index is 14.7. The zero-order chi connectivity index (χ0) is 17.2. The molecular weight excluding hydrogens is 442 g/mol. The second-order valence-corrected chi connectivity index (χ2v) is 7.37. The van der Waals surface area contributed by atoms with E-state index in [1.165, 1.54) is 22.6 Å². The van der Waals surface area contributed by atoms with Gasteiger partial charge in [-0.15, -0.1) is 0 Å². The monoisotopic (exact) mass is 454 g/mol. The van der Waals surface area contributed by atoms with E-state index in [1.807, 2.05) is 0 Å². The molecule has 0 aromatic heterocycles. The highest BCUT2D eigenvalue weighted by atomic mass is 127. The number of rotatable bonds is 1. The first-order valence-corrected chi connectivity index (χ1v) is 7.85. The van der Waals surface area contributed by atoms with E-state index in [1.54, 1.807) is 0 Å². The SMILES string of the molecule is FC1(F)C(F)(F)C(F)(F)C(F)(C2CCCCCC2I)C1(F)F. The van der Waals surface area contributed by atoms with Gasteiger partial charge < -0.3 is 0 Å². The maximum Gasteiger partial charge on any atom is 0.381 e. The van der Waals surface area contributed by atoms with E-state index in [-0.39, 0.29) is 12.8 Å². The van der Waals surface area contributed by atoms with Gasteiger partial charge in [0.2, 0.25) is 0 Å². The van der Waals surface area contributed by atoms with Crippen molar-refractivity contribution in [3.63, 3.8) is 0 Å². The molecule has 0 aromatic rings. The highest BCUT2D eigenvalue weighted by molar-refractivity contribution is 14.1. The Morgan fingerprint density at radius 1 is 0.591 bits per heavy atom. The van der Waals surface area contributed by atoms with Crippen LogP contribution in [0.5, 0.6) is 0 Å². The number of alkyl halides is 10. The van der Waals surface area contributed by atoms with Crippen molar-refractivity contribution < 1.29 is 39.5 Å². The molecule has 130 valence electrons. The van der Waals surface area contributed by atoms with Crippen LogP contribution in [0.25, 0.3) is 0 Å². The molecule has 0 amide bonds. The molecule has 0 saturated heterocycles.